The minimum atomic E-state index is -1.55. The van der Waals surface area contributed by atoms with E-state index in [1.165, 1.54) is 5.06 Å². The maximum Gasteiger partial charge on any atom is 0.327 e. The average molecular weight is 761 g/mol. The molecule has 0 radical (unpaired) electrons. The van der Waals surface area contributed by atoms with Crippen molar-refractivity contribution in [3.05, 3.63) is 113 Å². The van der Waals surface area contributed by atoms with E-state index in [-0.39, 0.29) is 32.7 Å². The predicted octanol–water partition coefficient (Wildman–Crippen LogP) is 0.110. The van der Waals surface area contributed by atoms with E-state index in [9.17, 15) is 35.1 Å². The number of amides is 1. The van der Waals surface area contributed by atoms with E-state index in [4.69, 9.17) is 28.5 Å². The van der Waals surface area contributed by atoms with Gasteiger partial charge in [0.1, 0.15) is 54.2 Å². The van der Waals surface area contributed by atoms with Gasteiger partial charge in [0, 0.05) is 24.1 Å². The Labute approximate surface area is 316 Å². The summed E-state index contributed by atoms with van der Waals surface area (Å²) in [6.07, 6.45) is -6.72. The number of ether oxygens (including phenoxy) is 5. The van der Waals surface area contributed by atoms with Gasteiger partial charge in [0.05, 0.1) is 26.4 Å². The van der Waals surface area contributed by atoms with Crippen LogP contribution in [0.2, 0.25) is 0 Å². The van der Waals surface area contributed by atoms with Gasteiger partial charge in [0.2, 0.25) is 11.7 Å². The SMILES string of the molecule is O=C1OC2CC3(C(=O)NCCO)C(ON(Cc4cccc(C=CCOC5OC(CO)C(O)C(O)C5O)c4)C13)C1OC(c3ccccc3)(c3ccccc3)OC21. The molecule has 8 rings (SSSR count). The first kappa shape index (κ1) is 37.8. The van der Waals surface area contributed by atoms with Crippen LogP contribution in [0.15, 0.2) is 91.0 Å². The number of carbonyl (C=O) groups is 2. The molecular weight excluding hydrogens is 716 g/mol. The molecule has 15 nitrogen and oxygen atoms in total. The summed E-state index contributed by atoms with van der Waals surface area (Å²) in [5, 5.41) is 53.7. The van der Waals surface area contributed by atoms with E-state index < -0.39 is 90.8 Å². The fourth-order valence-electron chi connectivity index (χ4n) is 8.54. The van der Waals surface area contributed by atoms with Crippen LogP contribution in [0.25, 0.3) is 6.08 Å². The molecule has 11 unspecified atom stereocenters. The molecule has 0 spiro atoms. The number of carbonyl (C=O) groups excluding carboxylic acids is 2. The highest BCUT2D eigenvalue weighted by molar-refractivity contribution is 5.93. The molecule has 292 valence electrons. The van der Waals surface area contributed by atoms with Crippen molar-refractivity contribution in [2.24, 2.45) is 5.41 Å². The molecule has 5 aliphatic rings. The molecule has 2 bridgehead atoms. The number of nitrogens with zero attached hydrogens (tertiary/aromatic N) is 1. The highest BCUT2D eigenvalue weighted by atomic mass is 16.8. The van der Waals surface area contributed by atoms with Crippen LogP contribution in [-0.4, -0.2) is 130 Å². The number of aliphatic hydroxyl groups excluding tert-OH is 5. The molecule has 1 amide bonds. The lowest BCUT2D eigenvalue weighted by atomic mass is 9.62. The van der Waals surface area contributed by atoms with Crippen LogP contribution in [0.1, 0.15) is 28.7 Å². The first-order valence-electron chi connectivity index (χ1n) is 18.4. The summed E-state index contributed by atoms with van der Waals surface area (Å²) >= 11 is 0. The van der Waals surface area contributed by atoms with Gasteiger partial charge in [0.15, 0.2) is 12.3 Å². The Hall–Kier alpha value is -4.10. The van der Waals surface area contributed by atoms with Gasteiger partial charge in [-0.1, -0.05) is 97.1 Å². The average Bonchev–Trinajstić information content (AvgIpc) is 3.79. The molecule has 0 aromatic heterocycles. The second-order valence-electron chi connectivity index (χ2n) is 14.4. The molecule has 4 heterocycles. The van der Waals surface area contributed by atoms with E-state index in [2.05, 4.69) is 5.32 Å². The van der Waals surface area contributed by atoms with Gasteiger partial charge < -0.3 is 54.5 Å². The van der Waals surface area contributed by atoms with Crippen LogP contribution in [0.3, 0.4) is 0 Å². The Morgan fingerprint density at radius 3 is 2.31 bits per heavy atom. The van der Waals surface area contributed by atoms with Gasteiger partial charge in [-0.05, 0) is 11.1 Å². The van der Waals surface area contributed by atoms with Gasteiger partial charge in [-0.25, -0.2) is 0 Å². The number of hydrogen-bond donors (Lipinski definition) is 6. The van der Waals surface area contributed by atoms with Crippen LogP contribution in [-0.2, 0) is 50.4 Å². The van der Waals surface area contributed by atoms with Gasteiger partial charge in [0.25, 0.3) is 0 Å². The number of benzene rings is 3. The Kier molecular flexibility index (Phi) is 10.6. The zero-order valence-electron chi connectivity index (χ0n) is 29.7. The molecule has 6 N–H and O–H groups in total. The van der Waals surface area contributed by atoms with E-state index in [1.807, 2.05) is 84.9 Å². The zero-order chi connectivity index (χ0) is 38.3. The fourth-order valence-corrected chi connectivity index (χ4v) is 8.54. The highest BCUT2D eigenvalue weighted by Gasteiger charge is 2.76. The van der Waals surface area contributed by atoms with Crippen molar-refractivity contribution in [3.63, 3.8) is 0 Å². The lowest BCUT2D eigenvalue weighted by molar-refractivity contribution is -0.298. The molecule has 15 heteroatoms. The number of esters is 1. The monoisotopic (exact) mass is 760 g/mol. The molecule has 3 aromatic rings. The minimum Gasteiger partial charge on any atom is -0.458 e. The van der Waals surface area contributed by atoms with E-state index in [0.29, 0.717) is 0 Å². The van der Waals surface area contributed by atoms with Gasteiger partial charge >= 0.3 is 5.97 Å². The third-order valence-electron chi connectivity index (χ3n) is 11.1. The molecule has 3 aromatic carbocycles. The smallest absolute Gasteiger partial charge is 0.327 e. The maximum absolute atomic E-state index is 14.3. The summed E-state index contributed by atoms with van der Waals surface area (Å²) in [5.41, 5.74) is 1.54. The Morgan fingerprint density at radius 1 is 0.909 bits per heavy atom. The molecular formula is C40H44N2O13. The molecule has 1 saturated carbocycles. The minimum absolute atomic E-state index is 0.0162. The van der Waals surface area contributed by atoms with Gasteiger partial charge in [-0.15, -0.1) is 0 Å². The summed E-state index contributed by atoms with van der Waals surface area (Å²) in [4.78, 5) is 35.0. The van der Waals surface area contributed by atoms with Crippen molar-refractivity contribution in [2.75, 3.05) is 26.4 Å². The number of aliphatic hydroxyl groups is 5. The second kappa shape index (κ2) is 15.4. The predicted molar refractivity (Wildman–Crippen MR) is 190 cm³/mol. The van der Waals surface area contributed by atoms with Crippen molar-refractivity contribution < 1.29 is 63.6 Å². The van der Waals surface area contributed by atoms with Crippen LogP contribution in [0.4, 0.5) is 0 Å². The van der Waals surface area contributed by atoms with Gasteiger partial charge in [-0.2, -0.15) is 5.06 Å². The third kappa shape index (κ3) is 6.58. The number of hydroxylamine groups is 2. The highest BCUT2D eigenvalue weighted by Crippen LogP contribution is 2.59. The van der Waals surface area contributed by atoms with Crippen molar-refractivity contribution in [3.8, 4) is 0 Å². The number of fused-ring (bicyclic) bond motifs is 4. The van der Waals surface area contributed by atoms with Crippen molar-refractivity contribution in [1.29, 1.82) is 0 Å². The molecule has 11 atom stereocenters. The number of hydrogen-bond acceptors (Lipinski definition) is 14. The van der Waals surface area contributed by atoms with Crippen LogP contribution in [0.5, 0.6) is 0 Å². The van der Waals surface area contributed by atoms with E-state index in [0.717, 1.165) is 22.3 Å². The lowest BCUT2D eigenvalue weighted by Crippen LogP contribution is -2.69. The van der Waals surface area contributed by atoms with Crippen LogP contribution < -0.4 is 5.32 Å². The van der Waals surface area contributed by atoms with Crippen molar-refractivity contribution >= 4 is 18.0 Å². The molecule has 55 heavy (non-hydrogen) atoms. The number of nitrogens with one attached hydrogen (secondary N) is 1. The second-order valence-corrected chi connectivity index (χ2v) is 14.4. The molecule has 4 aliphatic heterocycles. The van der Waals surface area contributed by atoms with E-state index >= 15 is 0 Å². The first-order valence-corrected chi connectivity index (χ1v) is 18.4. The van der Waals surface area contributed by atoms with Crippen molar-refractivity contribution in [2.45, 2.75) is 79.9 Å². The Balaban J connectivity index is 1.05. The zero-order valence-corrected chi connectivity index (χ0v) is 29.7. The standard InChI is InChI=1S/C40H44N2O13/c43-17-16-41-38(49)39-20-27-32-33(54-40(53-32,25-12-3-1-4-13-25)26-14-5-2-6-15-26)35(39)55-42(34(39)36(48)51-27)21-24-10-7-9-23(19-24)11-8-18-50-37-31(47)30(46)29(45)28(22-44)52-37/h1-15,19,27-35,37,43-47H,16-18,20-22H2,(H,41,49). The number of rotatable bonds is 12. The summed E-state index contributed by atoms with van der Waals surface area (Å²) in [6.45, 7) is -0.799. The Bertz CT molecular complexity index is 1820. The van der Waals surface area contributed by atoms with E-state index in [1.54, 1.807) is 12.2 Å². The van der Waals surface area contributed by atoms with Gasteiger partial charge in [-0.3, -0.25) is 14.4 Å². The van der Waals surface area contributed by atoms with Crippen LogP contribution >= 0.6 is 0 Å². The van der Waals surface area contributed by atoms with Crippen LogP contribution in [0, 0.1) is 5.41 Å². The summed E-state index contributed by atoms with van der Waals surface area (Å²) < 4.78 is 30.9. The fraction of sp³-hybridized carbons (Fsp3) is 0.450. The molecule has 1 aliphatic carbocycles. The lowest BCUT2D eigenvalue weighted by Gasteiger charge is -2.48. The van der Waals surface area contributed by atoms with Crippen molar-refractivity contribution in [1.82, 2.24) is 10.4 Å². The first-order chi connectivity index (χ1) is 26.7. The molecule has 5 fully saturated rings. The molecule has 4 saturated heterocycles. The maximum atomic E-state index is 14.3. The topological polar surface area (TPSA) is 206 Å². The third-order valence-corrected chi connectivity index (χ3v) is 11.1. The summed E-state index contributed by atoms with van der Waals surface area (Å²) in [5.74, 6) is -2.46. The largest absolute Gasteiger partial charge is 0.458 e. The summed E-state index contributed by atoms with van der Waals surface area (Å²) in [6, 6.07) is 25.2. The summed E-state index contributed by atoms with van der Waals surface area (Å²) in [7, 11) is 0. The normalized spacial score (nSPS) is 35.0. The quantitative estimate of drug-likeness (QED) is 0.136. The Morgan fingerprint density at radius 2 is 1.62 bits per heavy atom.